The van der Waals surface area contributed by atoms with Gasteiger partial charge in [0.25, 0.3) is 0 Å². The third-order valence-electron chi connectivity index (χ3n) is 3.12. The Hall–Kier alpha value is -1.93. The molecule has 2 rings (SSSR count). The maximum absolute atomic E-state index is 13.3. The first-order chi connectivity index (χ1) is 9.20. The van der Waals surface area contributed by atoms with Crippen LogP contribution in [0.25, 0.3) is 0 Å². The van der Waals surface area contributed by atoms with Gasteiger partial charge in [-0.15, -0.1) is 0 Å². The number of carbonyl (C=O) groups is 1. The number of rotatable bonds is 4. The second kappa shape index (κ2) is 6.30. The van der Waals surface area contributed by atoms with Crippen molar-refractivity contribution in [2.45, 2.75) is 31.8 Å². The molecule has 1 fully saturated rings. The normalized spacial score (nSPS) is 18.0. The van der Waals surface area contributed by atoms with Gasteiger partial charge in [0.1, 0.15) is 17.4 Å². The van der Waals surface area contributed by atoms with Crippen LogP contribution in [-0.4, -0.2) is 18.6 Å². The lowest BCUT2D eigenvalue weighted by Crippen LogP contribution is -2.16. The lowest BCUT2D eigenvalue weighted by Gasteiger charge is -2.10. The minimum Gasteiger partial charge on any atom is -0.378 e. The van der Waals surface area contributed by atoms with Crippen LogP contribution >= 0.6 is 0 Å². The number of nitrogens with zero attached hydrogens (tertiary/aromatic N) is 1. The van der Waals surface area contributed by atoms with Crippen LogP contribution in [0.1, 0.15) is 31.2 Å². The largest absolute Gasteiger partial charge is 0.378 e. The summed E-state index contributed by atoms with van der Waals surface area (Å²) in [6.45, 7) is 0.759. The topological polar surface area (TPSA) is 62.1 Å². The Morgan fingerprint density at radius 3 is 3.11 bits per heavy atom. The summed E-state index contributed by atoms with van der Waals surface area (Å²) < 4.78 is 18.8. The Bertz CT molecular complexity index is 505. The summed E-state index contributed by atoms with van der Waals surface area (Å²) >= 11 is 0. The van der Waals surface area contributed by atoms with Crippen molar-refractivity contribution in [3.8, 4) is 6.07 Å². The van der Waals surface area contributed by atoms with Crippen LogP contribution in [0, 0.1) is 17.1 Å². The van der Waals surface area contributed by atoms with Crippen molar-refractivity contribution < 1.29 is 13.9 Å². The molecule has 1 aliphatic rings. The van der Waals surface area contributed by atoms with Crippen LogP contribution in [0.4, 0.5) is 10.1 Å². The molecule has 0 spiro atoms. The highest BCUT2D eigenvalue weighted by Crippen LogP contribution is 2.20. The quantitative estimate of drug-likeness (QED) is 0.907. The molecule has 0 radical (unpaired) electrons. The second-order valence-electron chi connectivity index (χ2n) is 4.50. The van der Waals surface area contributed by atoms with Gasteiger partial charge >= 0.3 is 0 Å². The number of anilines is 1. The van der Waals surface area contributed by atoms with E-state index in [-0.39, 0.29) is 23.3 Å². The van der Waals surface area contributed by atoms with Gasteiger partial charge in [0.05, 0.1) is 11.8 Å². The molecular weight excluding hydrogens is 247 g/mol. The van der Waals surface area contributed by atoms with E-state index < -0.39 is 5.82 Å². The fraction of sp³-hybridized carbons (Fsp3) is 0.429. The van der Waals surface area contributed by atoms with Crippen molar-refractivity contribution in [3.63, 3.8) is 0 Å². The number of carbonyl (C=O) groups excluding carboxylic acids is 1. The van der Waals surface area contributed by atoms with Gasteiger partial charge in [-0.3, -0.25) is 4.79 Å². The highest BCUT2D eigenvalue weighted by Gasteiger charge is 2.17. The van der Waals surface area contributed by atoms with Gasteiger partial charge in [-0.05, 0) is 31.4 Å². The molecule has 1 saturated heterocycles. The average Bonchev–Trinajstić information content (AvgIpc) is 2.90. The standard InChI is InChI=1S/C14H15FN2O2/c15-12-4-1-5-13(11(12)9-16)17-14(18)7-6-10-3-2-8-19-10/h1,4-5,10H,2-3,6-8H2,(H,17,18). The van der Waals surface area contributed by atoms with Gasteiger partial charge in [-0.1, -0.05) is 6.07 Å². The van der Waals surface area contributed by atoms with Crippen molar-refractivity contribution in [1.29, 1.82) is 5.26 Å². The summed E-state index contributed by atoms with van der Waals surface area (Å²) in [5.41, 5.74) is 0.0906. The van der Waals surface area contributed by atoms with E-state index in [1.165, 1.54) is 18.2 Å². The molecule has 4 nitrogen and oxygen atoms in total. The Balaban J connectivity index is 1.91. The van der Waals surface area contributed by atoms with E-state index in [2.05, 4.69) is 5.32 Å². The predicted molar refractivity (Wildman–Crippen MR) is 68.0 cm³/mol. The van der Waals surface area contributed by atoms with E-state index in [0.29, 0.717) is 12.8 Å². The van der Waals surface area contributed by atoms with E-state index in [0.717, 1.165) is 19.4 Å². The first-order valence-electron chi connectivity index (χ1n) is 6.31. The van der Waals surface area contributed by atoms with E-state index in [4.69, 9.17) is 10.00 Å². The second-order valence-corrected chi connectivity index (χ2v) is 4.50. The summed E-state index contributed by atoms with van der Waals surface area (Å²) in [6.07, 6.45) is 3.13. The summed E-state index contributed by atoms with van der Waals surface area (Å²) in [5.74, 6) is -0.850. The molecule has 0 aromatic heterocycles. The van der Waals surface area contributed by atoms with Crippen molar-refractivity contribution in [1.82, 2.24) is 0 Å². The molecule has 0 saturated carbocycles. The van der Waals surface area contributed by atoms with Gasteiger partial charge < -0.3 is 10.1 Å². The fourth-order valence-electron chi connectivity index (χ4n) is 2.12. The molecule has 5 heteroatoms. The monoisotopic (exact) mass is 262 g/mol. The fourth-order valence-corrected chi connectivity index (χ4v) is 2.12. The molecule has 1 heterocycles. The zero-order valence-corrected chi connectivity index (χ0v) is 10.5. The van der Waals surface area contributed by atoms with E-state index in [1.807, 2.05) is 0 Å². The van der Waals surface area contributed by atoms with Crippen molar-refractivity contribution in [2.75, 3.05) is 11.9 Å². The summed E-state index contributed by atoms with van der Waals surface area (Å²) in [6, 6.07) is 5.93. The maximum atomic E-state index is 13.3. The van der Waals surface area contributed by atoms with E-state index >= 15 is 0 Å². The van der Waals surface area contributed by atoms with Crippen LogP contribution in [-0.2, 0) is 9.53 Å². The van der Waals surface area contributed by atoms with Gasteiger partial charge in [0, 0.05) is 13.0 Å². The average molecular weight is 262 g/mol. The highest BCUT2D eigenvalue weighted by atomic mass is 19.1. The number of hydrogen-bond donors (Lipinski definition) is 1. The first kappa shape index (κ1) is 13.5. The van der Waals surface area contributed by atoms with Crippen LogP contribution < -0.4 is 5.32 Å². The number of nitrogens with one attached hydrogen (secondary N) is 1. The Morgan fingerprint density at radius 1 is 1.58 bits per heavy atom. The van der Waals surface area contributed by atoms with Gasteiger partial charge in [0.2, 0.25) is 5.91 Å². The molecule has 1 aliphatic heterocycles. The SMILES string of the molecule is N#Cc1c(F)cccc1NC(=O)CCC1CCCO1. The molecule has 1 aromatic rings. The van der Waals surface area contributed by atoms with Crippen LogP contribution in [0.5, 0.6) is 0 Å². The minimum atomic E-state index is -0.626. The van der Waals surface area contributed by atoms with Gasteiger partial charge in [-0.25, -0.2) is 4.39 Å². The number of ether oxygens (including phenoxy) is 1. The third-order valence-corrected chi connectivity index (χ3v) is 3.12. The van der Waals surface area contributed by atoms with E-state index in [1.54, 1.807) is 6.07 Å². The Labute approximate surface area is 111 Å². The molecule has 0 aliphatic carbocycles. The van der Waals surface area contributed by atoms with Crippen LogP contribution in [0.3, 0.4) is 0 Å². The molecule has 1 aromatic carbocycles. The molecule has 1 amide bonds. The highest BCUT2D eigenvalue weighted by molar-refractivity contribution is 5.92. The van der Waals surface area contributed by atoms with Crippen molar-refractivity contribution >= 4 is 11.6 Å². The van der Waals surface area contributed by atoms with Gasteiger partial charge in [0.15, 0.2) is 0 Å². The van der Waals surface area contributed by atoms with Gasteiger partial charge in [-0.2, -0.15) is 5.26 Å². The zero-order chi connectivity index (χ0) is 13.7. The molecule has 0 bridgehead atoms. The smallest absolute Gasteiger partial charge is 0.224 e. The maximum Gasteiger partial charge on any atom is 0.224 e. The lowest BCUT2D eigenvalue weighted by atomic mass is 10.1. The number of amides is 1. The summed E-state index contributed by atoms with van der Waals surface area (Å²) in [5, 5.41) is 11.4. The zero-order valence-electron chi connectivity index (χ0n) is 10.5. The van der Waals surface area contributed by atoms with Crippen LogP contribution in [0.15, 0.2) is 18.2 Å². The van der Waals surface area contributed by atoms with Crippen molar-refractivity contribution in [3.05, 3.63) is 29.6 Å². The third kappa shape index (κ3) is 3.52. The Morgan fingerprint density at radius 2 is 2.42 bits per heavy atom. The molecular formula is C14H15FN2O2. The summed E-state index contributed by atoms with van der Waals surface area (Å²) in [4.78, 5) is 11.8. The minimum absolute atomic E-state index is 0.132. The molecule has 100 valence electrons. The number of benzene rings is 1. The lowest BCUT2D eigenvalue weighted by molar-refractivity contribution is -0.116. The van der Waals surface area contributed by atoms with Crippen LogP contribution in [0.2, 0.25) is 0 Å². The molecule has 1 unspecified atom stereocenters. The number of halogens is 1. The molecule has 19 heavy (non-hydrogen) atoms. The number of hydrogen-bond acceptors (Lipinski definition) is 3. The summed E-state index contributed by atoms with van der Waals surface area (Å²) in [7, 11) is 0. The molecule has 1 N–H and O–H groups in total. The number of nitriles is 1. The first-order valence-corrected chi connectivity index (χ1v) is 6.31. The predicted octanol–water partition coefficient (Wildman–Crippen LogP) is 2.60. The Kier molecular flexibility index (Phi) is 4.48. The molecule has 1 atom stereocenters. The van der Waals surface area contributed by atoms with Crippen molar-refractivity contribution in [2.24, 2.45) is 0 Å². The van der Waals surface area contributed by atoms with E-state index in [9.17, 15) is 9.18 Å².